The monoisotopic (exact) mass is 335 g/mol. The first-order valence-electron chi connectivity index (χ1n) is 6.46. The van der Waals surface area contributed by atoms with Gasteiger partial charge >= 0.3 is 0 Å². The van der Waals surface area contributed by atoms with E-state index in [1.165, 1.54) is 0 Å². The van der Waals surface area contributed by atoms with Crippen LogP contribution in [0.2, 0.25) is 0 Å². The van der Waals surface area contributed by atoms with E-state index in [0.717, 1.165) is 34.4 Å². The highest BCUT2D eigenvalue weighted by Crippen LogP contribution is 2.28. The van der Waals surface area contributed by atoms with E-state index in [2.05, 4.69) is 52.0 Å². The molecule has 0 amide bonds. The number of benzene rings is 1. The summed E-state index contributed by atoms with van der Waals surface area (Å²) in [7, 11) is 0. The van der Waals surface area contributed by atoms with Gasteiger partial charge in [-0.2, -0.15) is 0 Å². The summed E-state index contributed by atoms with van der Waals surface area (Å²) in [5, 5.41) is 3.35. The summed E-state index contributed by atoms with van der Waals surface area (Å²) in [6, 6.07) is 5.69. The minimum Gasteiger partial charge on any atom is -0.364 e. The maximum absolute atomic E-state index is 11.0. The molecule has 0 saturated carbocycles. The Morgan fingerprint density at radius 3 is 2.60 bits per heavy atom. The third kappa shape index (κ3) is 3.15. The van der Waals surface area contributed by atoms with Crippen molar-refractivity contribution in [3.8, 4) is 0 Å². The van der Waals surface area contributed by atoms with Gasteiger partial charge in [-0.05, 0) is 33.8 Å². The standard InChI is InChI=1S/C15H18BrN3O/c1-9-14(19-15(2,3)4)18-13-10(11(16)8-20)6-5-7-12(13)17-9/h5-8,11H,1-4H3,(H,18,19). The summed E-state index contributed by atoms with van der Waals surface area (Å²) in [6.07, 6.45) is 0.854. The second-order valence-corrected chi connectivity index (χ2v) is 6.77. The minimum absolute atomic E-state index is 0.0967. The lowest BCUT2D eigenvalue weighted by molar-refractivity contribution is -0.107. The summed E-state index contributed by atoms with van der Waals surface area (Å²) >= 11 is 3.35. The number of para-hydroxylation sites is 1. The van der Waals surface area contributed by atoms with Crippen LogP contribution >= 0.6 is 15.9 Å². The molecule has 0 bridgehead atoms. The number of fused-ring (bicyclic) bond motifs is 1. The Morgan fingerprint density at radius 2 is 2.00 bits per heavy atom. The Bertz CT molecular complexity index is 649. The molecule has 5 heteroatoms. The van der Waals surface area contributed by atoms with E-state index in [1.54, 1.807) is 0 Å². The van der Waals surface area contributed by atoms with Crippen LogP contribution in [0.1, 0.15) is 36.9 Å². The fourth-order valence-electron chi connectivity index (χ4n) is 1.96. The van der Waals surface area contributed by atoms with E-state index in [1.807, 2.05) is 25.1 Å². The molecule has 0 radical (unpaired) electrons. The highest BCUT2D eigenvalue weighted by molar-refractivity contribution is 9.09. The van der Waals surface area contributed by atoms with Gasteiger partial charge in [0.15, 0.2) is 0 Å². The fraction of sp³-hybridized carbons (Fsp3) is 0.400. The van der Waals surface area contributed by atoms with Crippen molar-refractivity contribution in [1.29, 1.82) is 0 Å². The highest BCUT2D eigenvalue weighted by Gasteiger charge is 2.17. The van der Waals surface area contributed by atoms with E-state index in [9.17, 15) is 4.79 Å². The number of hydrogen-bond donors (Lipinski definition) is 1. The topological polar surface area (TPSA) is 54.9 Å². The zero-order chi connectivity index (χ0) is 14.9. The maximum atomic E-state index is 11.0. The summed E-state index contributed by atoms with van der Waals surface area (Å²) in [4.78, 5) is 19.9. The second-order valence-electron chi connectivity index (χ2n) is 5.79. The molecule has 0 fully saturated rings. The smallest absolute Gasteiger partial charge is 0.148 e. The van der Waals surface area contributed by atoms with Crippen molar-refractivity contribution in [1.82, 2.24) is 9.97 Å². The zero-order valence-electron chi connectivity index (χ0n) is 12.1. The van der Waals surface area contributed by atoms with E-state index in [4.69, 9.17) is 0 Å². The fourth-order valence-corrected chi connectivity index (χ4v) is 2.33. The molecule has 2 aromatic rings. The average molecular weight is 336 g/mol. The molecular formula is C15H18BrN3O. The number of halogens is 1. The SMILES string of the molecule is Cc1nc2cccc(C(Br)C=O)c2nc1NC(C)(C)C. The van der Waals surface area contributed by atoms with Crippen molar-refractivity contribution < 1.29 is 4.79 Å². The second kappa shape index (κ2) is 5.48. The first-order chi connectivity index (χ1) is 9.31. The number of nitrogens with zero attached hydrogens (tertiary/aromatic N) is 2. The molecule has 1 aromatic carbocycles. The normalized spacial score (nSPS) is 13.2. The number of aromatic nitrogens is 2. The number of aryl methyl sites for hydroxylation is 1. The maximum Gasteiger partial charge on any atom is 0.148 e. The number of nitrogens with one attached hydrogen (secondary N) is 1. The summed E-state index contributed by atoms with van der Waals surface area (Å²) < 4.78 is 0. The average Bonchev–Trinajstić information content (AvgIpc) is 2.36. The minimum atomic E-state index is -0.370. The van der Waals surface area contributed by atoms with Crippen molar-refractivity contribution in [2.75, 3.05) is 5.32 Å². The number of hydrogen-bond acceptors (Lipinski definition) is 4. The third-order valence-corrected chi connectivity index (χ3v) is 3.52. The van der Waals surface area contributed by atoms with Gasteiger partial charge < -0.3 is 10.1 Å². The third-order valence-electron chi connectivity index (χ3n) is 2.81. The Labute approximate surface area is 127 Å². The Kier molecular flexibility index (Phi) is 4.09. The lowest BCUT2D eigenvalue weighted by Crippen LogP contribution is -2.27. The molecule has 0 saturated heterocycles. The van der Waals surface area contributed by atoms with Crippen LogP contribution in [0.5, 0.6) is 0 Å². The van der Waals surface area contributed by atoms with Gasteiger partial charge in [-0.25, -0.2) is 9.97 Å². The highest BCUT2D eigenvalue weighted by atomic mass is 79.9. The van der Waals surface area contributed by atoms with Crippen molar-refractivity contribution in [2.24, 2.45) is 0 Å². The van der Waals surface area contributed by atoms with Crippen LogP contribution in [0, 0.1) is 6.92 Å². The quantitative estimate of drug-likeness (QED) is 0.684. The van der Waals surface area contributed by atoms with Crippen LogP contribution in [0.15, 0.2) is 18.2 Å². The molecule has 0 spiro atoms. The van der Waals surface area contributed by atoms with Crippen LogP contribution in [0.4, 0.5) is 5.82 Å². The summed E-state index contributed by atoms with van der Waals surface area (Å²) in [5.74, 6) is 0.753. The molecule has 1 atom stereocenters. The summed E-state index contributed by atoms with van der Waals surface area (Å²) in [6.45, 7) is 8.15. The van der Waals surface area contributed by atoms with Gasteiger partial charge in [-0.3, -0.25) is 0 Å². The van der Waals surface area contributed by atoms with Gasteiger partial charge in [0.05, 0.1) is 21.6 Å². The Morgan fingerprint density at radius 1 is 1.30 bits per heavy atom. The number of aldehydes is 1. The number of rotatable bonds is 3. The molecule has 20 heavy (non-hydrogen) atoms. The molecule has 4 nitrogen and oxygen atoms in total. The number of carbonyl (C=O) groups excluding carboxylic acids is 1. The Balaban J connectivity index is 2.63. The van der Waals surface area contributed by atoms with Gasteiger partial charge in [0.25, 0.3) is 0 Å². The molecular weight excluding hydrogens is 318 g/mol. The molecule has 1 heterocycles. The van der Waals surface area contributed by atoms with Crippen molar-refractivity contribution in [3.63, 3.8) is 0 Å². The predicted molar refractivity (Wildman–Crippen MR) is 85.4 cm³/mol. The van der Waals surface area contributed by atoms with Crippen molar-refractivity contribution in [2.45, 2.75) is 38.1 Å². The summed E-state index contributed by atoms with van der Waals surface area (Å²) in [5.41, 5.74) is 3.13. The number of anilines is 1. The molecule has 0 aliphatic heterocycles. The van der Waals surface area contributed by atoms with E-state index in [0.29, 0.717) is 0 Å². The lowest BCUT2D eigenvalue weighted by atomic mass is 10.1. The van der Waals surface area contributed by atoms with Crippen molar-refractivity contribution >= 4 is 39.1 Å². The lowest BCUT2D eigenvalue weighted by Gasteiger charge is -2.22. The van der Waals surface area contributed by atoms with Crippen LogP contribution < -0.4 is 5.32 Å². The molecule has 1 unspecified atom stereocenters. The van der Waals surface area contributed by atoms with E-state index < -0.39 is 0 Å². The molecule has 1 N–H and O–H groups in total. The Hall–Kier alpha value is -1.49. The molecule has 0 aliphatic carbocycles. The molecule has 0 aliphatic rings. The predicted octanol–water partition coefficient (Wildman–Crippen LogP) is 3.78. The molecule has 106 valence electrons. The van der Waals surface area contributed by atoms with Crippen LogP contribution in [-0.2, 0) is 4.79 Å². The number of alkyl halides is 1. The zero-order valence-corrected chi connectivity index (χ0v) is 13.7. The first-order valence-corrected chi connectivity index (χ1v) is 7.38. The van der Waals surface area contributed by atoms with Crippen molar-refractivity contribution in [3.05, 3.63) is 29.5 Å². The van der Waals surface area contributed by atoms with Crippen LogP contribution in [0.3, 0.4) is 0 Å². The first kappa shape index (κ1) is 14.9. The molecule has 1 aromatic heterocycles. The van der Waals surface area contributed by atoms with Crippen LogP contribution in [-0.4, -0.2) is 21.8 Å². The van der Waals surface area contributed by atoms with Gasteiger partial charge in [-0.1, -0.05) is 28.1 Å². The van der Waals surface area contributed by atoms with Gasteiger partial charge in [0.1, 0.15) is 12.1 Å². The van der Waals surface area contributed by atoms with Crippen LogP contribution in [0.25, 0.3) is 11.0 Å². The molecule has 2 rings (SSSR count). The largest absolute Gasteiger partial charge is 0.364 e. The number of carbonyl (C=O) groups is 1. The van der Waals surface area contributed by atoms with Gasteiger partial charge in [-0.15, -0.1) is 0 Å². The van der Waals surface area contributed by atoms with Gasteiger partial charge in [0, 0.05) is 11.1 Å². The van der Waals surface area contributed by atoms with E-state index in [-0.39, 0.29) is 10.4 Å². The van der Waals surface area contributed by atoms with Gasteiger partial charge in [0.2, 0.25) is 0 Å². The van der Waals surface area contributed by atoms with E-state index >= 15 is 0 Å².